The van der Waals surface area contributed by atoms with Crippen molar-refractivity contribution in [2.75, 3.05) is 7.05 Å². The van der Waals surface area contributed by atoms with Gasteiger partial charge in [-0.3, -0.25) is 0 Å². The molecule has 0 radical (unpaired) electrons. The van der Waals surface area contributed by atoms with E-state index in [2.05, 4.69) is 37.9 Å². The fourth-order valence-electron chi connectivity index (χ4n) is 4.60. The molecule has 1 saturated heterocycles. The molecule has 0 saturated carbocycles. The van der Waals surface area contributed by atoms with Crippen LogP contribution in [0.5, 0.6) is 5.75 Å². The number of piperidine rings is 1. The Morgan fingerprint density at radius 2 is 1.59 bits per heavy atom. The van der Waals surface area contributed by atoms with E-state index in [9.17, 15) is 5.11 Å². The molecule has 0 atom stereocenters. The molecule has 1 aliphatic rings. The first-order chi connectivity index (χ1) is 13.5. The Morgan fingerprint density at radius 3 is 2.17 bits per heavy atom. The first-order valence-corrected chi connectivity index (χ1v) is 10.1. The molecule has 0 bridgehead atoms. The van der Waals surface area contributed by atoms with Crippen molar-refractivity contribution in [3.8, 4) is 5.75 Å². The molecule has 2 aromatic carbocycles. The maximum atomic E-state index is 10.4. The molecule has 2 aromatic rings. The molecule has 3 rings (SSSR count). The van der Waals surface area contributed by atoms with E-state index in [1.54, 1.807) is 12.1 Å². The highest BCUT2D eigenvalue weighted by molar-refractivity contribution is 5.88. The van der Waals surface area contributed by atoms with Crippen molar-refractivity contribution in [3.63, 3.8) is 0 Å². The number of nitrogens with one attached hydrogen (secondary N) is 1. The zero-order valence-electron chi connectivity index (χ0n) is 18.2. The van der Waals surface area contributed by atoms with Crippen LogP contribution in [0.15, 0.2) is 54.4 Å². The van der Waals surface area contributed by atoms with Crippen LogP contribution in [0.25, 0.3) is 16.5 Å². The topological polar surface area (TPSA) is 87.5 Å². The van der Waals surface area contributed by atoms with Crippen molar-refractivity contribution in [1.29, 1.82) is 0 Å². The van der Waals surface area contributed by atoms with Crippen molar-refractivity contribution in [3.05, 3.63) is 59.9 Å². The molecule has 29 heavy (non-hydrogen) atoms. The highest BCUT2D eigenvalue weighted by Crippen LogP contribution is 2.32. The SMILES string of the molecule is CN(/C(N)=C/C=C(\N)c1cc2ccccc2cc1O)C1CC(C)(C)NC(C)(C)C1. The van der Waals surface area contributed by atoms with Gasteiger partial charge in [0, 0.05) is 35.4 Å². The molecule has 1 fully saturated rings. The van der Waals surface area contributed by atoms with E-state index in [-0.39, 0.29) is 16.8 Å². The van der Waals surface area contributed by atoms with Crippen molar-refractivity contribution in [2.45, 2.75) is 57.7 Å². The molecule has 1 aliphatic heterocycles. The standard InChI is InChI=1S/C24H34N4O/c1-23(2)14-18(15-24(3,4)27-23)28(5)22(26)11-10-20(25)19-12-16-8-6-7-9-17(16)13-21(19)29/h6-13,18,27,29H,14-15,25-26H2,1-5H3/b20-10-,22-11+. The third-order valence-corrected chi connectivity index (χ3v) is 5.73. The predicted octanol–water partition coefficient (Wildman–Crippen LogP) is 3.89. The number of benzene rings is 2. The highest BCUT2D eigenvalue weighted by Gasteiger charge is 2.39. The van der Waals surface area contributed by atoms with Gasteiger partial charge in [0.15, 0.2) is 0 Å². The minimum Gasteiger partial charge on any atom is -0.507 e. The Labute approximate surface area is 174 Å². The van der Waals surface area contributed by atoms with E-state index in [1.165, 1.54) is 0 Å². The highest BCUT2D eigenvalue weighted by atomic mass is 16.3. The van der Waals surface area contributed by atoms with Crippen molar-refractivity contribution in [1.82, 2.24) is 10.2 Å². The Balaban J connectivity index is 1.82. The molecule has 1 heterocycles. The average molecular weight is 395 g/mol. The Kier molecular flexibility index (Phi) is 5.54. The van der Waals surface area contributed by atoms with Crippen LogP contribution >= 0.6 is 0 Å². The molecular formula is C24H34N4O. The first-order valence-electron chi connectivity index (χ1n) is 10.1. The second kappa shape index (κ2) is 7.64. The van der Waals surface area contributed by atoms with Crippen molar-refractivity contribution < 1.29 is 5.11 Å². The largest absolute Gasteiger partial charge is 0.507 e. The van der Waals surface area contributed by atoms with Gasteiger partial charge in [0.2, 0.25) is 0 Å². The summed E-state index contributed by atoms with van der Waals surface area (Å²) in [5.74, 6) is 0.825. The number of fused-ring (bicyclic) bond motifs is 1. The number of nitrogens with two attached hydrogens (primary N) is 2. The number of phenols is 1. The van der Waals surface area contributed by atoms with Gasteiger partial charge >= 0.3 is 0 Å². The third kappa shape index (κ3) is 4.85. The van der Waals surface area contributed by atoms with Gasteiger partial charge in [-0.1, -0.05) is 24.3 Å². The van der Waals surface area contributed by atoms with Gasteiger partial charge < -0.3 is 26.8 Å². The summed E-state index contributed by atoms with van der Waals surface area (Å²) in [4.78, 5) is 2.13. The van der Waals surface area contributed by atoms with Gasteiger partial charge in [0.25, 0.3) is 0 Å². The summed E-state index contributed by atoms with van der Waals surface area (Å²) in [7, 11) is 2.03. The summed E-state index contributed by atoms with van der Waals surface area (Å²) in [5.41, 5.74) is 13.8. The lowest BCUT2D eigenvalue weighted by molar-refractivity contribution is 0.0981. The monoisotopic (exact) mass is 394 g/mol. The number of hydrogen-bond donors (Lipinski definition) is 4. The molecule has 0 aromatic heterocycles. The number of rotatable bonds is 4. The summed E-state index contributed by atoms with van der Waals surface area (Å²) in [5, 5.41) is 16.1. The van der Waals surface area contributed by atoms with E-state index in [0.717, 1.165) is 23.6 Å². The minimum absolute atomic E-state index is 0.0483. The molecule has 5 heteroatoms. The van der Waals surface area contributed by atoms with Crippen LogP contribution < -0.4 is 16.8 Å². The van der Waals surface area contributed by atoms with Crippen molar-refractivity contribution in [2.24, 2.45) is 11.5 Å². The van der Waals surface area contributed by atoms with Crippen LogP contribution in [0.3, 0.4) is 0 Å². The maximum absolute atomic E-state index is 10.4. The predicted molar refractivity (Wildman–Crippen MR) is 122 cm³/mol. The van der Waals surface area contributed by atoms with E-state index in [4.69, 9.17) is 11.5 Å². The fraction of sp³-hybridized carbons (Fsp3) is 0.417. The van der Waals surface area contributed by atoms with Gasteiger partial charge in [-0.2, -0.15) is 0 Å². The Hall–Kier alpha value is -2.66. The number of nitrogens with zero attached hydrogens (tertiary/aromatic N) is 1. The number of hydrogen-bond acceptors (Lipinski definition) is 5. The number of phenolic OH excluding ortho intramolecular Hbond substituents is 1. The van der Waals surface area contributed by atoms with E-state index in [0.29, 0.717) is 23.1 Å². The van der Waals surface area contributed by atoms with Crippen LogP contribution in [0.1, 0.15) is 46.1 Å². The second-order valence-corrected chi connectivity index (χ2v) is 9.50. The normalized spacial score (nSPS) is 20.0. The maximum Gasteiger partial charge on any atom is 0.125 e. The molecule has 0 amide bonds. The summed E-state index contributed by atoms with van der Waals surface area (Å²) in [6.45, 7) is 8.92. The van der Waals surface area contributed by atoms with Gasteiger partial charge in [0.05, 0.1) is 5.82 Å². The lowest BCUT2D eigenvalue weighted by Gasteiger charge is -2.49. The first kappa shape index (κ1) is 21.1. The van der Waals surface area contributed by atoms with Crippen LogP contribution in [-0.4, -0.2) is 34.2 Å². The van der Waals surface area contributed by atoms with Gasteiger partial charge in [-0.05, 0) is 75.6 Å². The summed E-state index contributed by atoms with van der Waals surface area (Å²) < 4.78 is 0. The molecule has 5 nitrogen and oxygen atoms in total. The lowest BCUT2D eigenvalue weighted by atomic mass is 9.79. The molecule has 156 valence electrons. The Bertz CT molecular complexity index is 943. The van der Waals surface area contributed by atoms with Crippen LogP contribution in [0.2, 0.25) is 0 Å². The van der Waals surface area contributed by atoms with Crippen molar-refractivity contribution >= 4 is 16.5 Å². The zero-order chi connectivity index (χ0) is 21.4. The molecule has 0 spiro atoms. The molecule has 6 N–H and O–H groups in total. The van der Waals surface area contributed by atoms with Crippen LogP contribution in [-0.2, 0) is 0 Å². The second-order valence-electron chi connectivity index (χ2n) is 9.50. The third-order valence-electron chi connectivity index (χ3n) is 5.73. The quantitative estimate of drug-likeness (QED) is 0.591. The average Bonchev–Trinajstić information content (AvgIpc) is 2.62. The summed E-state index contributed by atoms with van der Waals surface area (Å²) >= 11 is 0. The summed E-state index contributed by atoms with van der Waals surface area (Å²) in [6, 6.07) is 11.9. The van der Waals surface area contributed by atoms with E-state index in [1.807, 2.05) is 43.5 Å². The zero-order valence-corrected chi connectivity index (χ0v) is 18.2. The van der Waals surface area contributed by atoms with E-state index < -0.39 is 0 Å². The number of allylic oxidation sites excluding steroid dienone is 2. The van der Waals surface area contributed by atoms with Crippen LogP contribution in [0, 0.1) is 0 Å². The van der Waals surface area contributed by atoms with Gasteiger partial charge in [-0.25, -0.2) is 0 Å². The molecule has 0 aliphatic carbocycles. The summed E-state index contributed by atoms with van der Waals surface area (Å²) in [6.07, 6.45) is 5.61. The fourth-order valence-corrected chi connectivity index (χ4v) is 4.60. The van der Waals surface area contributed by atoms with Gasteiger partial charge in [0.1, 0.15) is 5.75 Å². The van der Waals surface area contributed by atoms with Crippen LogP contribution in [0.4, 0.5) is 0 Å². The number of aromatic hydroxyl groups is 1. The Morgan fingerprint density at radius 1 is 1.03 bits per heavy atom. The molecular weight excluding hydrogens is 360 g/mol. The van der Waals surface area contributed by atoms with E-state index >= 15 is 0 Å². The minimum atomic E-state index is 0.0483. The lowest BCUT2D eigenvalue weighted by Crippen LogP contribution is -2.61. The van der Waals surface area contributed by atoms with Gasteiger partial charge in [-0.15, -0.1) is 0 Å². The smallest absolute Gasteiger partial charge is 0.125 e. The molecule has 0 unspecified atom stereocenters.